The molecule has 0 amide bonds. The molecule has 1 radical (unpaired) electrons. The second-order valence-electron chi connectivity index (χ2n) is 3.22. The van der Waals surface area contributed by atoms with Crippen molar-refractivity contribution in [2.24, 2.45) is 0 Å². The monoisotopic (exact) mass is 214 g/mol. The smallest absolute Gasteiger partial charge is 0.202 e. The minimum atomic E-state index is -0.426. The van der Waals surface area contributed by atoms with Crippen molar-refractivity contribution < 1.29 is 5.03 Å². The van der Waals surface area contributed by atoms with E-state index in [0.717, 1.165) is 5.01 Å². The topological polar surface area (TPSA) is 49.0 Å². The molecule has 0 N–H and O–H groups in total. The highest BCUT2D eigenvalue weighted by atomic mass is 16.7. The number of hydrogen-bond donors (Lipinski definition) is 0. The van der Waals surface area contributed by atoms with Gasteiger partial charge in [0.25, 0.3) is 11.4 Å². The van der Waals surface area contributed by atoms with Crippen LogP contribution in [-0.2, 0) is 0 Å². The molecular formula is C12H10N2O2+. The fourth-order valence-electron chi connectivity index (χ4n) is 1.48. The quantitative estimate of drug-likeness (QED) is 0.448. The summed E-state index contributed by atoms with van der Waals surface area (Å²) in [5, 5.41) is 11.7. The third-order valence-electron chi connectivity index (χ3n) is 2.16. The average molecular weight is 214 g/mol. The molecule has 4 heteroatoms. The lowest BCUT2D eigenvalue weighted by molar-refractivity contribution is -0.568. The SMILES string of the molecule is O=[N+]([O-])[N+](c1ccccc1)c1ccccc1. The van der Waals surface area contributed by atoms with Crippen LogP contribution in [0.15, 0.2) is 60.7 Å². The first-order valence-electron chi connectivity index (χ1n) is 4.83. The molecule has 0 saturated heterocycles. The maximum atomic E-state index is 11.0. The molecule has 0 atom stereocenters. The van der Waals surface area contributed by atoms with Gasteiger partial charge in [-0.3, -0.25) is 0 Å². The minimum absolute atomic E-state index is 0.426. The summed E-state index contributed by atoms with van der Waals surface area (Å²) in [6, 6.07) is 17.6. The second-order valence-corrected chi connectivity index (χ2v) is 3.22. The van der Waals surface area contributed by atoms with Gasteiger partial charge in [0.2, 0.25) is 5.01 Å². The van der Waals surface area contributed by atoms with Crippen LogP contribution in [0.2, 0.25) is 0 Å². The molecule has 0 aliphatic rings. The first kappa shape index (κ1) is 10.3. The third kappa shape index (κ3) is 2.07. The van der Waals surface area contributed by atoms with E-state index in [1.165, 1.54) is 0 Å². The van der Waals surface area contributed by atoms with Crippen LogP contribution in [0.4, 0.5) is 11.4 Å². The summed E-state index contributed by atoms with van der Waals surface area (Å²) < 4.78 is 0. The van der Waals surface area contributed by atoms with Crippen LogP contribution < -0.4 is 5.01 Å². The van der Waals surface area contributed by atoms with Gasteiger partial charge in [0.05, 0.1) is 0 Å². The van der Waals surface area contributed by atoms with Gasteiger partial charge in [-0.25, -0.2) is 10.1 Å². The fourth-order valence-corrected chi connectivity index (χ4v) is 1.48. The van der Waals surface area contributed by atoms with Gasteiger partial charge in [0, 0.05) is 24.3 Å². The molecule has 2 aromatic carbocycles. The predicted octanol–water partition coefficient (Wildman–Crippen LogP) is 2.98. The summed E-state index contributed by atoms with van der Waals surface area (Å²) in [7, 11) is 0. The van der Waals surface area contributed by atoms with Gasteiger partial charge < -0.3 is 0 Å². The third-order valence-corrected chi connectivity index (χ3v) is 2.16. The lowest BCUT2D eigenvalue weighted by atomic mass is 10.2. The van der Waals surface area contributed by atoms with Crippen molar-refractivity contribution in [3.63, 3.8) is 0 Å². The Labute approximate surface area is 92.9 Å². The summed E-state index contributed by atoms with van der Waals surface area (Å²) in [6.07, 6.45) is 0. The molecule has 0 aromatic heterocycles. The van der Waals surface area contributed by atoms with Gasteiger partial charge in [-0.2, -0.15) is 0 Å². The first-order valence-corrected chi connectivity index (χ1v) is 4.83. The van der Waals surface area contributed by atoms with Crippen LogP contribution >= 0.6 is 0 Å². The van der Waals surface area contributed by atoms with Crippen molar-refractivity contribution in [2.75, 3.05) is 0 Å². The summed E-state index contributed by atoms with van der Waals surface area (Å²) in [6.45, 7) is 0. The van der Waals surface area contributed by atoms with Gasteiger partial charge >= 0.3 is 5.03 Å². The van der Waals surface area contributed by atoms with Gasteiger partial charge in [0.1, 0.15) is 0 Å². The average Bonchev–Trinajstić information content (AvgIpc) is 2.31. The van der Waals surface area contributed by atoms with Crippen LogP contribution in [0.5, 0.6) is 0 Å². The second kappa shape index (κ2) is 4.55. The van der Waals surface area contributed by atoms with Crippen molar-refractivity contribution in [2.45, 2.75) is 0 Å². The van der Waals surface area contributed by atoms with Crippen molar-refractivity contribution >= 4 is 11.4 Å². The molecule has 0 aliphatic heterocycles. The predicted molar refractivity (Wildman–Crippen MR) is 61.3 cm³/mol. The molecule has 0 unspecified atom stereocenters. The molecule has 0 heterocycles. The molecule has 0 fully saturated rings. The highest BCUT2D eigenvalue weighted by molar-refractivity contribution is 5.50. The van der Waals surface area contributed by atoms with Crippen LogP contribution in [0.25, 0.3) is 0 Å². The van der Waals surface area contributed by atoms with Crippen molar-refractivity contribution in [1.82, 2.24) is 5.01 Å². The minimum Gasteiger partial charge on any atom is -0.202 e. The van der Waals surface area contributed by atoms with E-state index in [0.29, 0.717) is 11.4 Å². The zero-order valence-electron chi connectivity index (χ0n) is 8.48. The maximum absolute atomic E-state index is 11.0. The van der Waals surface area contributed by atoms with Crippen molar-refractivity contribution in [3.05, 3.63) is 70.8 Å². The van der Waals surface area contributed by atoms with Crippen LogP contribution in [-0.4, -0.2) is 5.03 Å². The van der Waals surface area contributed by atoms with E-state index < -0.39 is 5.03 Å². The van der Waals surface area contributed by atoms with Crippen LogP contribution in [0.1, 0.15) is 0 Å². The Morgan fingerprint density at radius 3 is 1.44 bits per heavy atom. The van der Waals surface area contributed by atoms with E-state index in [1.807, 2.05) is 12.1 Å². The van der Waals surface area contributed by atoms with E-state index in [1.54, 1.807) is 48.5 Å². The molecule has 0 bridgehead atoms. The number of benzene rings is 2. The molecule has 0 saturated carbocycles. The van der Waals surface area contributed by atoms with Gasteiger partial charge in [-0.05, 0) is 0 Å². The van der Waals surface area contributed by atoms with E-state index in [2.05, 4.69) is 0 Å². The van der Waals surface area contributed by atoms with Gasteiger partial charge in [0.15, 0.2) is 0 Å². The molecule has 2 aromatic rings. The molecule has 4 nitrogen and oxygen atoms in total. The lowest BCUT2D eigenvalue weighted by Gasteiger charge is -1.98. The number of para-hydroxylation sites is 2. The van der Waals surface area contributed by atoms with E-state index >= 15 is 0 Å². The zero-order chi connectivity index (χ0) is 11.4. The molecule has 79 valence electrons. The molecular weight excluding hydrogens is 204 g/mol. The Hall–Kier alpha value is -2.20. The summed E-state index contributed by atoms with van der Waals surface area (Å²) in [4.78, 5) is 11.0. The number of hydrogen-bond acceptors (Lipinski definition) is 2. The molecule has 0 aliphatic carbocycles. The number of hydrazine groups is 1. The summed E-state index contributed by atoms with van der Waals surface area (Å²) in [5.74, 6) is 0. The number of anilines is 2. The molecule has 0 spiro atoms. The largest absolute Gasteiger partial charge is 0.307 e. The lowest BCUT2D eigenvalue weighted by Crippen LogP contribution is -2.25. The Morgan fingerprint density at radius 2 is 1.12 bits per heavy atom. The number of rotatable bonds is 3. The molecule has 2 rings (SSSR count). The Morgan fingerprint density at radius 1 is 0.750 bits per heavy atom. The Balaban J connectivity index is 2.44. The van der Waals surface area contributed by atoms with E-state index in [4.69, 9.17) is 0 Å². The van der Waals surface area contributed by atoms with Gasteiger partial charge in [-0.15, -0.1) is 0 Å². The summed E-state index contributed by atoms with van der Waals surface area (Å²) in [5.41, 5.74) is 1.08. The Kier molecular flexibility index (Phi) is 2.93. The maximum Gasteiger partial charge on any atom is 0.307 e. The highest BCUT2D eigenvalue weighted by Gasteiger charge is 2.35. The highest BCUT2D eigenvalue weighted by Crippen LogP contribution is 2.23. The standard InChI is InChI=1S/C12H10N2O2/c15-14(16)13(11-7-3-1-4-8-11)12-9-5-2-6-10-12/h1-10H/q+1. The Bertz CT molecular complexity index is 431. The first-order chi connectivity index (χ1) is 7.79. The normalized spacial score (nSPS) is 10.3. The summed E-state index contributed by atoms with van der Waals surface area (Å²) >= 11 is 0. The van der Waals surface area contributed by atoms with Crippen molar-refractivity contribution in [1.29, 1.82) is 0 Å². The van der Waals surface area contributed by atoms with E-state index in [-0.39, 0.29) is 0 Å². The fraction of sp³-hybridized carbons (Fsp3) is 0. The van der Waals surface area contributed by atoms with E-state index in [9.17, 15) is 10.1 Å². The van der Waals surface area contributed by atoms with Crippen molar-refractivity contribution in [3.8, 4) is 0 Å². The van der Waals surface area contributed by atoms with Crippen LogP contribution in [0.3, 0.4) is 0 Å². The van der Waals surface area contributed by atoms with Gasteiger partial charge in [-0.1, -0.05) is 36.4 Å². The number of nitro groups is 1. The molecule has 16 heavy (non-hydrogen) atoms. The van der Waals surface area contributed by atoms with Crippen LogP contribution in [0, 0.1) is 10.1 Å². The zero-order valence-corrected chi connectivity index (χ0v) is 8.48. The number of nitrogens with zero attached hydrogens (tertiary/aromatic N) is 2.